The van der Waals surface area contributed by atoms with Crippen LogP contribution in [0.25, 0.3) is 0 Å². The molecule has 4 aliphatic rings. The first-order valence-electron chi connectivity index (χ1n) is 13.8. The first-order chi connectivity index (χ1) is 14.4. The fourth-order valence-corrected chi connectivity index (χ4v) is 10.1. The van der Waals surface area contributed by atoms with Crippen molar-refractivity contribution in [2.45, 2.75) is 143 Å². The predicted molar refractivity (Wildman–Crippen MR) is 138 cm³/mol. The quantitative estimate of drug-likeness (QED) is 0.419. The summed E-state index contributed by atoms with van der Waals surface area (Å²) in [5.74, 6) is 3.28. The monoisotopic (exact) mass is 462 g/mol. The average Bonchev–Trinajstić information content (AvgIpc) is 2.96. The van der Waals surface area contributed by atoms with Crippen molar-refractivity contribution in [2.24, 2.45) is 39.9 Å². The first-order valence-corrected chi connectivity index (χ1v) is 16.8. The smallest absolute Gasteiger partial charge is 0.192 e. The van der Waals surface area contributed by atoms with Crippen LogP contribution < -0.4 is 0 Å². The van der Waals surface area contributed by atoms with Crippen LogP contribution in [0.2, 0.25) is 18.1 Å². The molecule has 0 heterocycles. The van der Waals surface area contributed by atoms with E-state index in [2.05, 4.69) is 68.5 Å². The highest BCUT2D eigenvalue weighted by Crippen LogP contribution is 2.68. The maximum atomic E-state index is 11.5. The third-order valence-electron chi connectivity index (χ3n) is 12.3. The molecule has 4 aliphatic carbocycles. The summed E-state index contributed by atoms with van der Waals surface area (Å²) in [6.45, 7) is 24.0. The molecule has 0 amide bonds. The number of hydrogen-bond acceptors (Lipinski definition) is 2. The average molecular weight is 463 g/mol. The minimum absolute atomic E-state index is 0.0178. The van der Waals surface area contributed by atoms with Crippen molar-refractivity contribution in [3.8, 4) is 0 Å². The molecule has 0 spiro atoms. The summed E-state index contributed by atoms with van der Waals surface area (Å²) < 4.78 is 7.12. The predicted octanol–water partition coefficient (Wildman–Crippen LogP) is 8.20. The van der Waals surface area contributed by atoms with E-state index in [1.54, 1.807) is 0 Å². The van der Waals surface area contributed by atoms with Crippen LogP contribution in [0, 0.1) is 39.9 Å². The highest BCUT2D eigenvalue weighted by Gasteiger charge is 2.63. The number of fused-ring (bicyclic) bond motifs is 5. The Morgan fingerprint density at radius 1 is 0.781 bits per heavy atom. The number of hydrogen-bond donors (Lipinski definition) is 1. The molecule has 0 aromatic rings. The third-order valence-corrected chi connectivity index (χ3v) is 16.8. The summed E-state index contributed by atoms with van der Waals surface area (Å²) in [6, 6.07) is 0. The lowest BCUT2D eigenvalue weighted by atomic mass is 9.43. The lowest BCUT2D eigenvalue weighted by Gasteiger charge is -2.63. The second-order valence-corrected chi connectivity index (χ2v) is 20.4. The molecule has 4 saturated carbocycles. The van der Waals surface area contributed by atoms with Crippen LogP contribution in [0.5, 0.6) is 0 Å². The van der Waals surface area contributed by atoms with E-state index in [-0.39, 0.29) is 10.5 Å². The van der Waals surface area contributed by atoms with Crippen molar-refractivity contribution in [1.29, 1.82) is 0 Å². The Bertz CT molecular complexity index is 718. The van der Waals surface area contributed by atoms with E-state index in [0.29, 0.717) is 22.9 Å². The van der Waals surface area contributed by atoms with Gasteiger partial charge in [-0.25, -0.2) is 0 Å². The normalized spacial score (nSPS) is 47.5. The maximum Gasteiger partial charge on any atom is 0.192 e. The van der Waals surface area contributed by atoms with Gasteiger partial charge in [0.1, 0.15) is 0 Å². The molecule has 0 aromatic carbocycles. The Morgan fingerprint density at radius 2 is 1.41 bits per heavy atom. The van der Waals surface area contributed by atoms with Crippen molar-refractivity contribution in [3.63, 3.8) is 0 Å². The Morgan fingerprint density at radius 3 is 2.00 bits per heavy atom. The minimum Gasteiger partial charge on any atom is -0.413 e. The largest absolute Gasteiger partial charge is 0.413 e. The molecule has 0 aromatic heterocycles. The van der Waals surface area contributed by atoms with Gasteiger partial charge in [-0.3, -0.25) is 0 Å². The van der Waals surface area contributed by atoms with Crippen LogP contribution in [-0.4, -0.2) is 25.1 Å². The van der Waals surface area contributed by atoms with Crippen LogP contribution in [0.15, 0.2) is 0 Å². The lowest BCUT2D eigenvalue weighted by molar-refractivity contribution is -0.179. The first kappa shape index (κ1) is 25.2. The van der Waals surface area contributed by atoms with E-state index in [1.165, 1.54) is 44.9 Å². The van der Waals surface area contributed by atoms with Crippen molar-refractivity contribution in [3.05, 3.63) is 0 Å². The molecule has 1 N–H and O–H groups in total. The van der Waals surface area contributed by atoms with Gasteiger partial charge in [0.25, 0.3) is 0 Å². The molecular formula is C29H54O2Si. The summed E-state index contributed by atoms with van der Waals surface area (Å²) in [6.07, 6.45) is 11.8. The number of aliphatic hydroxyl groups is 1. The fourth-order valence-electron chi connectivity index (χ4n) is 8.60. The van der Waals surface area contributed by atoms with E-state index < -0.39 is 13.9 Å². The van der Waals surface area contributed by atoms with Crippen molar-refractivity contribution < 1.29 is 9.53 Å². The van der Waals surface area contributed by atoms with E-state index in [1.807, 2.05) is 0 Å². The topological polar surface area (TPSA) is 29.5 Å². The molecule has 2 nitrogen and oxygen atoms in total. The summed E-state index contributed by atoms with van der Waals surface area (Å²) in [5, 5.41) is 11.8. The van der Waals surface area contributed by atoms with Crippen LogP contribution in [0.3, 0.4) is 0 Å². The van der Waals surface area contributed by atoms with Gasteiger partial charge < -0.3 is 9.53 Å². The second kappa shape index (κ2) is 7.57. The van der Waals surface area contributed by atoms with Gasteiger partial charge in [-0.2, -0.15) is 0 Å². The molecule has 4 rings (SSSR count). The van der Waals surface area contributed by atoms with Gasteiger partial charge in [-0.1, -0.05) is 55.4 Å². The van der Waals surface area contributed by atoms with Crippen molar-refractivity contribution >= 4 is 8.32 Å². The van der Waals surface area contributed by atoms with E-state index >= 15 is 0 Å². The van der Waals surface area contributed by atoms with Gasteiger partial charge in [-0.05, 0) is 116 Å². The molecule has 3 heteroatoms. The molecule has 1 unspecified atom stereocenters. The Kier molecular flexibility index (Phi) is 5.97. The molecule has 32 heavy (non-hydrogen) atoms. The molecule has 4 fully saturated rings. The summed E-state index contributed by atoms with van der Waals surface area (Å²) in [5.41, 5.74) is 0.305. The summed E-state index contributed by atoms with van der Waals surface area (Å²) in [4.78, 5) is 0. The summed E-state index contributed by atoms with van der Waals surface area (Å²) in [7, 11) is -1.74. The van der Waals surface area contributed by atoms with Crippen LogP contribution >= 0.6 is 0 Å². The molecule has 8 atom stereocenters. The summed E-state index contributed by atoms with van der Waals surface area (Å²) >= 11 is 0. The Hall–Kier alpha value is 0.137. The highest BCUT2D eigenvalue weighted by atomic mass is 28.4. The molecule has 0 bridgehead atoms. The van der Waals surface area contributed by atoms with Crippen molar-refractivity contribution in [2.75, 3.05) is 0 Å². The molecular weight excluding hydrogens is 408 g/mol. The van der Waals surface area contributed by atoms with Gasteiger partial charge in [0.15, 0.2) is 8.32 Å². The Labute approximate surface area is 200 Å². The molecule has 186 valence electrons. The van der Waals surface area contributed by atoms with Gasteiger partial charge in [0, 0.05) is 0 Å². The van der Waals surface area contributed by atoms with Crippen LogP contribution in [0.1, 0.15) is 113 Å². The van der Waals surface area contributed by atoms with E-state index in [9.17, 15) is 5.11 Å². The molecule has 0 aliphatic heterocycles. The lowest BCUT2D eigenvalue weighted by Crippen LogP contribution is -2.59. The van der Waals surface area contributed by atoms with E-state index in [4.69, 9.17) is 4.43 Å². The SMILES string of the molecule is CC(C)(C)[C@]1(O)CC[C@@]2(C)C(CC[C@H]3[C@@H]4CC[C@H](O[Si](C)(C)C(C)(C)C)[C@@]4(C)CC[C@@H]32)C1. The van der Waals surface area contributed by atoms with Crippen LogP contribution in [0.4, 0.5) is 0 Å². The zero-order valence-electron chi connectivity index (χ0n) is 23.1. The number of rotatable bonds is 2. The molecule has 0 saturated heterocycles. The van der Waals surface area contributed by atoms with Gasteiger partial charge in [0.2, 0.25) is 0 Å². The fraction of sp³-hybridized carbons (Fsp3) is 1.00. The third kappa shape index (κ3) is 3.70. The molecule has 0 radical (unpaired) electrons. The van der Waals surface area contributed by atoms with Gasteiger partial charge >= 0.3 is 0 Å². The standard InChI is InChI=1S/C29H54O2Si/c1-25(2,3)29(30)18-17-27(7)20(19-29)11-12-21-22-13-14-24(28(22,8)16-15-23(21)27)31-32(9,10)26(4,5)6/h20-24,30H,11-19H2,1-10H3/t20?,21-,22-,23-,24-,27-,28-,29-/m0/s1. The van der Waals surface area contributed by atoms with Crippen LogP contribution in [-0.2, 0) is 4.43 Å². The highest BCUT2D eigenvalue weighted by molar-refractivity contribution is 6.74. The second-order valence-electron chi connectivity index (χ2n) is 15.6. The maximum absolute atomic E-state index is 11.5. The van der Waals surface area contributed by atoms with Crippen molar-refractivity contribution in [1.82, 2.24) is 0 Å². The van der Waals surface area contributed by atoms with Gasteiger partial charge in [-0.15, -0.1) is 0 Å². The zero-order valence-corrected chi connectivity index (χ0v) is 24.1. The Balaban J connectivity index is 1.53. The zero-order chi connectivity index (χ0) is 24.0. The van der Waals surface area contributed by atoms with Gasteiger partial charge in [0.05, 0.1) is 11.7 Å². The van der Waals surface area contributed by atoms with E-state index in [0.717, 1.165) is 30.6 Å². The minimum atomic E-state index is -1.74.